The molecular formula is C20H28O3. The van der Waals surface area contributed by atoms with Crippen molar-refractivity contribution in [2.45, 2.75) is 53.6 Å². The van der Waals surface area contributed by atoms with Crippen LogP contribution in [0.1, 0.15) is 47.5 Å². The van der Waals surface area contributed by atoms with Gasteiger partial charge in [-0.15, -0.1) is 0 Å². The van der Waals surface area contributed by atoms with E-state index in [1.54, 1.807) is 0 Å². The number of rotatable bonds is 3. The first-order valence-corrected chi connectivity index (χ1v) is 8.49. The van der Waals surface area contributed by atoms with E-state index < -0.39 is 0 Å². The fraction of sp³-hybridized carbons (Fsp3) is 0.600. The quantitative estimate of drug-likeness (QED) is 0.444. The Labute approximate surface area is 139 Å². The summed E-state index contributed by atoms with van der Waals surface area (Å²) in [5.74, 6) is 1.03. The largest absolute Gasteiger partial charge is 0.455 e. The van der Waals surface area contributed by atoms with Crippen molar-refractivity contribution in [1.82, 2.24) is 0 Å². The molecule has 3 nitrogen and oxygen atoms in total. The van der Waals surface area contributed by atoms with E-state index in [4.69, 9.17) is 4.74 Å². The lowest BCUT2D eigenvalue weighted by molar-refractivity contribution is -0.143. The van der Waals surface area contributed by atoms with Crippen LogP contribution >= 0.6 is 0 Å². The second kappa shape index (κ2) is 6.86. The molecule has 0 amide bonds. The Morgan fingerprint density at radius 1 is 1.35 bits per heavy atom. The zero-order valence-electron chi connectivity index (χ0n) is 14.9. The summed E-state index contributed by atoms with van der Waals surface area (Å²) in [6, 6.07) is 0. The highest BCUT2D eigenvalue weighted by atomic mass is 16.5. The summed E-state index contributed by atoms with van der Waals surface area (Å²) in [6.45, 7) is 14.2. The Hall–Kier alpha value is -1.64. The summed E-state index contributed by atoms with van der Waals surface area (Å²) < 4.78 is 5.66. The number of carbonyl (C=O) groups is 2. The topological polar surface area (TPSA) is 43.4 Å². The Kier molecular flexibility index (Phi) is 5.28. The Morgan fingerprint density at radius 3 is 2.52 bits per heavy atom. The molecule has 23 heavy (non-hydrogen) atoms. The smallest absolute Gasteiger partial charge is 0.331 e. The maximum Gasteiger partial charge on any atom is 0.331 e. The number of ether oxygens (including phenoxy) is 1. The molecule has 126 valence electrons. The monoisotopic (exact) mass is 316 g/mol. The minimum atomic E-state index is -0.312. The molecule has 0 N–H and O–H groups in total. The normalized spacial score (nSPS) is 32.2. The van der Waals surface area contributed by atoms with Gasteiger partial charge in [0.1, 0.15) is 6.10 Å². The molecule has 0 heterocycles. The van der Waals surface area contributed by atoms with Gasteiger partial charge in [-0.25, -0.2) is 4.79 Å². The highest BCUT2D eigenvalue weighted by Crippen LogP contribution is 2.51. The number of ketones is 1. The van der Waals surface area contributed by atoms with E-state index in [-0.39, 0.29) is 29.7 Å². The van der Waals surface area contributed by atoms with Crippen LogP contribution < -0.4 is 0 Å². The summed E-state index contributed by atoms with van der Waals surface area (Å²) in [7, 11) is 0. The molecule has 0 bridgehead atoms. The van der Waals surface area contributed by atoms with Crippen molar-refractivity contribution >= 4 is 11.8 Å². The van der Waals surface area contributed by atoms with Crippen molar-refractivity contribution < 1.29 is 14.3 Å². The van der Waals surface area contributed by atoms with Crippen LogP contribution in [0.2, 0.25) is 0 Å². The molecular weight excluding hydrogens is 288 g/mol. The Bertz CT molecular complexity index is 576. The second-order valence-corrected chi connectivity index (χ2v) is 7.37. The van der Waals surface area contributed by atoms with E-state index in [1.807, 2.05) is 26.8 Å². The number of Topliss-reactive ketones (excluding diaryl/α,β-unsaturated/α-hetero) is 1. The van der Waals surface area contributed by atoms with Crippen molar-refractivity contribution in [3.63, 3.8) is 0 Å². The summed E-state index contributed by atoms with van der Waals surface area (Å²) in [6.07, 6.45) is 4.45. The van der Waals surface area contributed by atoms with Crippen molar-refractivity contribution in [3.8, 4) is 0 Å². The molecule has 4 unspecified atom stereocenters. The van der Waals surface area contributed by atoms with Gasteiger partial charge in [-0.3, -0.25) is 4.79 Å². The van der Waals surface area contributed by atoms with Crippen molar-refractivity contribution in [2.24, 2.45) is 23.7 Å². The van der Waals surface area contributed by atoms with Crippen molar-refractivity contribution in [2.75, 3.05) is 0 Å². The van der Waals surface area contributed by atoms with Gasteiger partial charge in [-0.2, -0.15) is 0 Å². The van der Waals surface area contributed by atoms with E-state index in [0.717, 1.165) is 23.1 Å². The molecule has 0 spiro atoms. The van der Waals surface area contributed by atoms with Crippen molar-refractivity contribution in [3.05, 3.63) is 35.5 Å². The van der Waals surface area contributed by atoms with Crippen molar-refractivity contribution in [1.29, 1.82) is 0 Å². The predicted octanol–water partition coefficient (Wildman–Crippen LogP) is 4.25. The number of carbonyl (C=O) groups excluding carboxylic acids is 2. The molecule has 2 aliphatic rings. The van der Waals surface area contributed by atoms with E-state index in [0.29, 0.717) is 18.3 Å². The maximum absolute atomic E-state index is 12.3. The lowest BCUT2D eigenvalue weighted by Crippen LogP contribution is -2.39. The second-order valence-electron chi connectivity index (χ2n) is 7.37. The van der Waals surface area contributed by atoms with Crippen LogP contribution in [0.25, 0.3) is 0 Å². The standard InChI is InChI=1S/C20H28O3/c1-7-14-17(21)9-16-13(6)18(23-19(22)8-11(2)3)10-15(12(4)5)20(14)16/h7-8,12,15-16,18,20H,6,9-10H2,1-5H3. The van der Waals surface area contributed by atoms with Crippen LogP contribution in [0.15, 0.2) is 35.5 Å². The Balaban J connectivity index is 2.28. The molecule has 0 radical (unpaired) electrons. The molecule has 0 aromatic rings. The highest BCUT2D eigenvalue weighted by molar-refractivity contribution is 5.99. The molecule has 2 rings (SSSR count). The lowest BCUT2D eigenvalue weighted by atomic mass is 9.65. The van der Waals surface area contributed by atoms with Crippen LogP contribution in [0.5, 0.6) is 0 Å². The molecule has 0 aliphatic heterocycles. The number of allylic oxidation sites excluding steroid dienone is 3. The van der Waals surface area contributed by atoms with E-state index in [2.05, 4.69) is 20.4 Å². The summed E-state index contributed by atoms with van der Waals surface area (Å²) in [5, 5.41) is 0. The van der Waals surface area contributed by atoms with Gasteiger partial charge < -0.3 is 4.74 Å². The van der Waals surface area contributed by atoms with E-state index >= 15 is 0 Å². The molecule has 0 aromatic heterocycles. The molecule has 2 saturated carbocycles. The molecule has 2 aliphatic carbocycles. The fourth-order valence-electron chi connectivity index (χ4n) is 4.10. The first-order chi connectivity index (χ1) is 10.8. The average molecular weight is 316 g/mol. The van der Waals surface area contributed by atoms with Gasteiger partial charge in [-0.1, -0.05) is 32.1 Å². The SMILES string of the molecule is C=C1C(OC(=O)C=C(C)C)CC(C(C)C)C2C(=CC)C(=O)CC12. The van der Waals surface area contributed by atoms with Gasteiger partial charge in [-0.05, 0) is 62.0 Å². The summed E-state index contributed by atoms with van der Waals surface area (Å²) in [5.41, 5.74) is 2.78. The number of esters is 1. The predicted molar refractivity (Wildman–Crippen MR) is 91.8 cm³/mol. The van der Waals surface area contributed by atoms with Gasteiger partial charge in [0.15, 0.2) is 5.78 Å². The third kappa shape index (κ3) is 3.49. The first kappa shape index (κ1) is 17.7. The van der Waals surface area contributed by atoms with Crippen LogP contribution in [0.3, 0.4) is 0 Å². The molecule has 2 fully saturated rings. The number of hydrogen-bond acceptors (Lipinski definition) is 3. The minimum absolute atomic E-state index is 0.111. The molecule has 0 aromatic carbocycles. The third-order valence-electron chi connectivity index (χ3n) is 5.19. The van der Waals surface area contributed by atoms with Gasteiger partial charge >= 0.3 is 5.97 Å². The number of fused-ring (bicyclic) bond motifs is 1. The van der Waals surface area contributed by atoms with Gasteiger partial charge in [0.05, 0.1) is 0 Å². The van der Waals surface area contributed by atoms with E-state index in [1.165, 1.54) is 6.08 Å². The van der Waals surface area contributed by atoms with Crippen LogP contribution in [-0.4, -0.2) is 17.9 Å². The molecule has 0 saturated heterocycles. The summed E-state index contributed by atoms with van der Waals surface area (Å²) >= 11 is 0. The van der Waals surface area contributed by atoms with Gasteiger partial charge in [0, 0.05) is 12.5 Å². The summed E-state index contributed by atoms with van der Waals surface area (Å²) in [4.78, 5) is 24.3. The fourth-order valence-corrected chi connectivity index (χ4v) is 4.10. The first-order valence-electron chi connectivity index (χ1n) is 8.49. The Morgan fingerprint density at radius 2 is 2.00 bits per heavy atom. The van der Waals surface area contributed by atoms with Crippen LogP contribution in [-0.2, 0) is 14.3 Å². The van der Waals surface area contributed by atoms with Crippen LogP contribution in [0.4, 0.5) is 0 Å². The number of hydrogen-bond donors (Lipinski definition) is 0. The van der Waals surface area contributed by atoms with E-state index in [9.17, 15) is 9.59 Å². The molecule has 4 atom stereocenters. The van der Waals surface area contributed by atoms with Gasteiger partial charge in [0.25, 0.3) is 0 Å². The van der Waals surface area contributed by atoms with Crippen LogP contribution in [0, 0.1) is 23.7 Å². The zero-order chi connectivity index (χ0) is 17.3. The lowest BCUT2D eigenvalue weighted by Gasteiger charge is -2.41. The maximum atomic E-state index is 12.3. The minimum Gasteiger partial charge on any atom is -0.455 e. The average Bonchev–Trinajstić information content (AvgIpc) is 2.77. The zero-order valence-corrected chi connectivity index (χ0v) is 14.9. The third-order valence-corrected chi connectivity index (χ3v) is 5.19. The van der Waals surface area contributed by atoms with Gasteiger partial charge in [0.2, 0.25) is 0 Å². The molecule has 3 heteroatoms. The highest BCUT2D eigenvalue weighted by Gasteiger charge is 2.49.